The van der Waals surface area contributed by atoms with Crippen molar-refractivity contribution in [2.75, 3.05) is 39.5 Å². The fraction of sp³-hybridized carbons (Fsp3) is 0.857. The van der Waals surface area contributed by atoms with Crippen LogP contribution in [0.15, 0.2) is 0 Å². The lowest BCUT2D eigenvalue weighted by molar-refractivity contribution is -0.156. The number of carbonyl (C=O) groups excluding carboxylic acids is 2. The molecule has 2 heterocycles. The summed E-state index contributed by atoms with van der Waals surface area (Å²) in [7, 11) is 0. The van der Waals surface area contributed by atoms with Crippen LogP contribution in [0.3, 0.4) is 0 Å². The van der Waals surface area contributed by atoms with E-state index in [2.05, 4.69) is 20.4 Å². The lowest BCUT2D eigenvalue weighted by atomic mass is 10.2. The highest BCUT2D eigenvalue weighted by Gasteiger charge is 2.38. The van der Waals surface area contributed by atoms with Crippen molar-refractivity contribution in [2.45, 2.75) is 39.0 Å². The van der Waals surface area contributed by atoms with Gasteiger partial charge in [0.2, 0.25) is 0 Å². The molecule has 8 heteroatoms. The molecule has 0 aliphatic carbocycles. The molecule has 2 aliphatic heterocycles. The van der Waals surface area contributed by atoms with Gasteiger partial charge in [-0.2, -0.15) is 0 Å². The Morgan fingerprint density at radius 2 is 1.50 bits per heavy atom. The van der Waals surface area contributed by atoms with E-state index in [0.717, 1.165) is 52.4 Å². The number of hydrogen-bond donors (Lipinski definition) is 3. The van der Waals surface area contributed by atoms with E-state index in [1.165, 1.54) is 0 Å². The van der Waals surface area contributed by atoms with E-state index in [9.17, 15) is 9.59 Å². The smallest absolute Gasteiger partial charge is 0.314 e. The summed E-state index contributed by atoms with van der Waals surface area (Å²) in [5, 5.41) is 6.56. The minimum absolute atomic E-state index is 0.111. The van der Waals surface area contributed by atoms with Crippen LogP contribution < -0.4 is 16.4 Å². The summed E-state index contributed by atoms with van der Waals surface area (Å²) in [4.78, 5) is 30.2. The Kier molecular flexibility index (Phi) is 6.13. The molecule has 2 unspecified atom stereocenters. The Balaban J connectivity index is 2.26. The highest BCUT2D eigenvalue weighted by atomic mass is 16.2. The molecule has 2 aliphatic rings. The lowest BCUT2D eigenvalue weighted by Crippen LogP contribution is -2.61. The van der Waals surface area contributed by atoms with Crippen LogP contribution in [0.2, 0.25) is 0 Å². The predicted molar refractivity (Wildman–Crippen MR) is 83.3 cm³/mol. The van der Waals surface area contributed by atoms with Crippen LogP contribution in [0.4, 0.5) is 0 Å². The quantitative estimate of drug-likeness (QED) is 0.517. The molecule has 22 heavy (non-hydrogen) atoms. The molecule has 4 N–H and O–H groups in total. The van der Waals surface area contributed by atoms with E-state index >= 15 is 0 Å². The molecule has 0 spiro atoms. The molecule has 2 atom stereocenters. The molecule has 0 radical (unpaired) electrons. The van der Waals surface area contributed by atoms with E-state index in [1.54, 1.807) is 4.90 Å². The monoisotopic (exact) mass is 312 g/mol. The predicted octanol–water partition coefficient (Wildman–Crippen LogP) is -1.50. The summed E-state index contributed by atoms with van der Waals surface area (Å²) in [5.41, 5.74) is 5.32. The average molecular weight is 312 g/mol. The zero-order valence-corrected chi connectivity index (χ0v) is 13.5. The first-order chi connectivity index (χ1) is 10.6. The van der Waals surface area contributed by atoms with Crippen molar-refractivity contribution >= 4 is 11.8 Å². The van der Waals surface area contributed by atoms with Crippen LogP contribution in [-0.2, 0) is 9.59 Å². The van der Waals surface area contributed by atoms with Gasteiger partial charge in [0.05, 0.1) is 25.7 Å². The molecule has 2 rings (SSSR count). The molecule has 2 fully saturated rings. The fourth-order valence-electron chi connectivity index (χ4n) is 3.42. The number of nitrogens with zero attached hydrogens (tertiary/aromatic N) is 3. The highest BCUT2D eigenvalue weighted by Crippen LogP contribution is 2.20. The summed E-state index contributed by atoms with van der Waals surface area (Å²) in [6.07, 6.45) is 1.30. The first-order valence-electron chi connectivity index (χ1n) is 8.11. The lowest BCUT2D eigenvalue weighted by Gasteiger charge is -2.44. The molecule has 0 aromatic heterocycles. The zero-order chi connectivity index (χ0) is 16.1. The first kappa shape index (κ1) is 17.1. The van der Waals surface area contributed by atoms with Crippen molar-refractivity contribution in [1.82, 2.24) is 25.3 Å². The number of carbonyl (C=O) groups is 2. The van der Waals surface area contributed by atoms with Gasteiger partial charge in [-0.25, -0.2) is 0 Å². The van der Waals surface area contributed by atoms with Gasteiger partial charge in [-0.1, -0.05) is 13.8 Å². The second-order valence-electron chi connectivity index (χ2n) is 5.80. The zero-order valence-electron chi connectivity index (χ0n) is 13.5. The largest absolute Gasteiger partial charge is 0.361 e. The molecule has 0 aromatic carbocycles. The minimum Gasteiger partial charge on any atom is -0.361 e. The van der Waals surface area contributed by atoms with E-state index in [0.29, 0.717) is 0 Å². The van der Waals surface area contributed by atoms with Crippen molar-refractivity contribution in [3.8, 4) is 0 Å². The van der Waals surface area contributed by atoms with E-state index < -0.39 is 11.8 Å². The second-order valence-corrected chi connectivity index (χ2v) is 5.80. The molecule has 126 valence electrons. The third-order valence-corrected chi connectivity index (χ3v) is 4.44. The van der Waals surface area contributed by atoms with Gasteiger partial charge in [0.15, 0.2) is 0 Å². The van der Waals surface area contributed by atoms with Crippen molar-refractivity contribution in [3.05, 3.63) is 0 Å². The first-order valence-corrected chi connectivity index (χ1v) is 8.11. The van der Waals surface area contributed by atoms with Crippen LogP contribution in [0.5, 0.6) is 0 Å². The van der Waals surface area contributed by atoms with Crippen molar-refractivity contribution in [3.63, 3.8) is 0 Å². The van der Waals surface area contributed by atoms with Gasteiger partial charge >= 0.3 is 11.8 Å². The second kappa shape index (κ2) is 7.87. The minimum atomic E-state index is -0.879. The summed E-state index contributed by atoms with van der Waals surface area (Å²) < 4.78 is 0. The molecular weight excluding hydrogens is 284 g/mol. The van der Waals surface area contributed by atoms with E-state index in [1.807, 2.05) is 13.8 Å². The molecule has 0 aromatic rings. The number of amides is 2. The van der Waals surface area contributed by atoms with Gasteiger partial charge in [0.25, 0.3) is 0 Å². The van der Waals surface area contributed by atoms with Crippen LogP contribution >= 0.6 is 0 Å². The highest BCUT2D eigenvalue weighted by molar-refractivity contribution is 6.34. The Labute approximate surface area is 132 Å². The number of nitrogens with one attached hydrogen (secondary N) is 2. The Morgan fingerprint density at radius 1 is 1.05 bits per heavy atom. The average Bonchev–Trinajstić information content (AvgIpc) is 3.19. The standard InChI is InChI=1S/C14H28N6O2/c1-3-11(18-7-5-16-9-18)20(14(22)13(15)21)12(4-2)19-8-6-17-10-19/h11-12,16-17H,3-10H2,1-2H3,(H2,15,21). The van der Waals surface area contributed by atoms with Gasteiger partial charge in [0, 0.05) is 26.2 Å². The van der Waals surface area contributed by atoms with Gasteiger partial charge in [-0.05, 0) is 12.8 Å². The van der Waals surface area contributed by atoms with Crippen LogP contribution in [0.1, 0.15) is 26.7 Å². The Hall–Kier alpha value is -1.22. The Bertz CT molecular complexity index is 369. The molecular formula is C14H28N6O2. The third-order valence-electron chi connectivity index (χ3n) is 4.44. The summed E-state index contributed by atoms with van der Waals surface area (Å²) >= 11 is 0. The third kappa shape index (κ3) is 3.57. The normalized spacial score (nSPS) is 22.6. The van der Waals surface area contributed by atoms with Crippen molar-refractivity contribution in [1.29, 1.82) is 0 Å². The number of rotatable bonds is 6. The molecule has 0 saturated carbocycles. The number of primary amides is 1. The topological polar surface area (TPSA) is 93.9 Å². The molecule has 0 bridgehead atoms. The summed E-state index contributed by atoms with van der Waals surface area (Å²) in [6, 6.07) is 0. The number of nitrogens with two attached hydrogens (primary N) is 1. The van der Waals surface area contributed by atoms with Gasteiger partial charge in [-0.3, -0.25) is 19.4 Å². The van der Waals surface area contributed by atoms with Crippen molar-refractivity contribution < 1.29 is 9.59 Å². The van der Waals surface area contributed by atoms with Gasteiger partial charge in [0.1, 0.15) is 0 Å². The van der Waals surface area contributed by atoms with Crippen LogP contribution in [0.25, 0.3) is 0 Å². The SMILES string of the molecule is CCC(N1CCNC1)N(C(=O)C(N)=O)C(CC)N1CCNC1. The summed E-state index contributed by atoms with van der Waals surface area (Å²) in [6.45, 7) is 9.09. The Morgan fingerprint density at radius 3 is 1.77 bits per heavy atom. The van der Waals surface area contributed by atoms with Crippen LogP contribution in [0, 0.1) is 0 Å². The fourth-order valence-corrected chi connectivity index (χ4v) is 3.42. The molecule has 8 nitrogen and oxygen atoms in total. The molecule has 2 saturated heterocycles. The number of hydrogen-bond acceptors (Lipinski definition) is 6. The maximum Gasteiger partial charge on any atom is 0.314 e. The van der Waals surface area contributed by atoms with Gasteiger partial charge < -0.3 is 21.3 Å². The van der Waals surface area contributed by atoms with E-state index in [-0.39, 0.29) is 12.3 Å². The maximum atomic E-state index is 12.5. The molecule has 2 amide bonds. The maximum absolute atomic E-state index is 12.5. The summed E-state index contributed by atoms with van der Waals surface area (Å²) in [5.74, 6) is -1.46. The van der Waals surface area contributed by atoms with Crippen LogP contribution in [-0.4, -0.2) is 78.4 Å². The van der Waals surface area contributed by atoms with E-state index in [4.69, 9.17) is 5.73 Å². The van der Waals surface area contributed by atoms with Gasteiger partial charge in [-0.15, -0.1) is 0 Å². The van der Waals surface area contributed by atoms with Crippen molar-refractivity contribution in [2.24, 2.45) is 5.73 Å².